The third kappa shape index (κ3) is 3.12. The molecule has 0 aromatic heterocycles. The molecule has 1 heterocycles. The molecule has 1 fully saturated rings. The van der Waals surface area contributed by atoms with E-state index in [4.69, 9.17) is 0 Å². The summed E-state index contributed by atoms with van der Waals surface area (Å²) in [5.74, 6) is -0.0902. The maximum Gasteiger partial charge on any atom is 0.154 e. The first-order valence-corrected chi connectivity index (χ1v) is 8.32. The van der Waals surface area contributed by atoms with Gasteiger partial charge in [0.1, 0.15) is 0 Å². The Morgan fingerprint density at radius 3 is 2.61 bits per heavy atom. The van der Waals surface area contributed by atoms with Crippen molar-refractivity contribution < 1.29 is 13.5 Å². The number of likely N-dealkylation sites (N-methyl/N-ethyl adjacent to an activating group) is 1. The summed E-state index contributed by atoms with van der Waals surface area (Å²) in [6, 6.07) is 7.49. The molecule has 18 heavy (non-hydrogen) atoms. The molecule has 1 saturated heterocycles. The van der Waals surface area contributed by atoms with Crippen molar-refractivity contribution in [3.05, 3.63) is 34.3 Å². The van der Waals surface area contributed by atoms with Gasteiger partial charge in [0.05, 0.1) is 23.7 Å². The van der Waals surface area contributed by atoms with Crippen LogP contribution < -0.4 is 0 Å². The monoisotopic (exact) mass is 333 g/mol. The highest BCUT2D eigenvalue weighted by molar-refractivity contribution is 9.10. The lowest BCUT2D eigenvalue weighted by molar-refractivity contribution is 0.0957. The number of rotatable bonds is 3. The molecule has 100 valence electrons. The average Bonchev–Trinajstić information content (AvgIpc) is 2.55. The first-order valence-electron chi connectivity index (χ1n) is 5.71. The Bertz CT molecular complexity index is 532. The highest BCUT2D eigenvalue weighted by Gasteiger charge is 2.38. The van der Waals surface area contributed by atoms with E-state index < -0.39 is 15.9 Å². The molecule has 1 aliphatic rings. The zero-order valence-corrected chi connectivity index (χ0v) is 12.5. The van der Waals surface area contributed by atoms with Gasteiger partial charge in [-0.2, -0.15) is 0 Å². The van der Waals surface area contributed by atoms with Crippen molar-refractivity contribution in [2.75, 3.05) is 18.6 Å². The number of benzene rings is 1. The molecule has 1 aromatic carbocycles. The third-order valence-electron chi connectivity index (χ3n) is 3.24. The molecule has 0 spiro atoms. The van der Waals surface area contributed by atoms with Crippen molar-refractivity contribution in [1.29, 1.82) is 0 Å². The minimum absolute atomic E-state index is 0.0368. The first kappa shape index (κ1) is 14.0. The van der Waals surface area contributed by atoms with E-state index in [1.165, 1.54) is 0 Å². The second kappa shape index (κ2) is 5.28. The molecule has 0 aliphatic carbocycles. The van der Waals surface area contributed by atoms with Crippen LogP contribution in [0, 0.1) is 0 Å². The van der Waals surface area contributed by atoms with Gasteiger partial charge >= 0.3 is 0 Å². The van der Waals surface area contributed by atoms with Gasteiger partial charge in [0, 0.05) is 11.0 Å². The molecule has 0 bridgehead atoms. The van der Waals surface area contributed by atoms with Gasteiger partial charge in [0.25, 0.3) is 0 Å². The summed E-state index contributed by atoms with van der Waals surface area (Å²) in [5, 5.41) is 9.81. The van der Waals surface area contributed by atoms with Crippen molar-refractivity contribution in [3.8, 4) is 0 Å². The van der Waals surface area contributed by atoms with E-state index in [-0.39, 0.29) is 17.5 Å². The van der Waals surface area contributed by atoms with E-state index >= 15 is 0 Å². The lowest BCUT2D eigenvalue weighted by Crippen LogP contribution is -2.40. The standard InChI is InChI=1S/C12H16BrNO3S/c1-14(6-9-4-2-3-5-10(9)13)11-7-18(16,17)8-12(11)15/h2-5,11-12,15H,6-8H2,1H3. The Balaban J connectivity index is 2.09. The molecular weight excluding hydrogens is 318 g/mol. The quantitative estimate of drug-likeness (QED) is 0.897. The SMILES string of the molecule is CN(Cc1ccccc1Br)C1CS(=O)(=O)CC1O. The van der Waals surface area contributed by atoms with Gasteiger partial charge in [0.15, 0.2) is 9.84 Å². The lowest BCUT2D eigenvalue weighted by Gasteiger charge is -2.26. The van der Waals surface area contributed by atoms with Crippen molar-refractivity contribution in [2.24, 2.45) is 0 Å². The Kier molecular flexibility index (Phi) is 4.11. The smallest absolute Gasteiger partial charge is 0.154 e. The molecule has 0 amide bonds. The average molecular weight is 334 g/mol. The number of sulfone groups is 1. The summed E-state index contributed by atoms with van der Waals surface area (Å²) in [7, 11) is -1.25. The fourth-order valence-electron chi connectivity index (χ4n) is 2.24. The van der Waals surface area contributed by atoms with E-state index in [9.17, 15) is 13.5 Å². The fourth-order valence-corrected chi connectivity index (χ4v) is 4.53. The van der Waals surface area contributed by atoms with E-state index in [0.717, 1.165) is 10.0 Å². The van der Waals surface area contributed by atoms with Gasteiger partial charge in [-0.1, -0.05) is 34.1 Å². The molecule has 2 rings (SSSR count). The summed E-state index contributed by atoms with van der Waals surface area (Å²) in [5.41, 5.74) is 1.08. The van der Waals surface area contributed by atoms with Gasteiger partial charge in [-0.3, -0.25) is 4.90 Å². The van der Waals surface area contributed by atoms with Crippen LogP contribution in [0.3, 0.4) is 0 Å². The molecule has 6 heteroatoms. The van der Waals surface area contributed by atoms with Crippen LogP contribution in [0.1, 0.15) is 5.56 Å². The van der Waals surface area contributed by atoms with Gasteiger partial charge in [0.2, 0.25) is 0 Å². The topological polar surface area (TPSA) is 57.6 Å². The number of hydrogen-bond acceptors (Lipinski definition) is 4. The number of aliphatic hydroxyl groups is 1. The van der Waals surface area contributed by atoms with Gasteiger partial charge in [-0.15, -0.1) is 0 Å². The van der Waals surface area contributed by atoms with Crippen molar-refractivity contribution in [3.63, 3.8) is 0 Å². The van der Waals surface area contributed by atoms with E-state index in [1.807, 2.05) is 36.2 Å². The van der Waals surface area contributed by atoms with Crippen LogP contribution in [0.5, 0.6) is 0 Å². The Hall–Kier alpha value is -0.430. The van der Waals surface area contributed by atoms with Crippen LogP contribution in [0.15, 0.2) is 28.7 Å². The molecule has 4 nitrogen and oxygen atoms in total. The summed E-state index contributed by atoms with van der Waals surface area (Å²) in [6.45, 7) is 0.610. The molecule has 2 atom stereocenters. The Labute approximate surface area is 116 Å². The highest BCUT2D eigenvalue weighted by atomic mass is 79.9. The van der Waals surface area contributed by atoms with Crippen LogP contribution in [0.2, 0.25) is 0 Å². The lowest BCUT2D eigenvalue weighted by atomic mass is 10.1. The van der Waals surface area contributed by atoms with Crippen LogP contribution in [-0.2, 0) is 16.4 Å². The summed E-state index contributed by atoms with van der Waals surface area (Å²) < 4.78 is 24.0. The molecule has 1 aliphatic heterocycles. The predicted molar refractivity (Wildman–Crippen MR) is 74.1 cm³/mol. The van der Waals surface area contributed by atoms with Crippen molar-refractivity contribution in [1.82, 2.24) is 4.90 Å². The van der Waals surface area contributed by atoms with Crippen LogP contribution >= 0.6 is 15.9 Å². The maximum atomic E-state index is 11.5. The molecule has 1 aromatic rings. The molecular formula is C12H16BrNO3S. The van der Waals surface area contributed by atoms with E-state index in [2.05, 4.69) is 15.9 Å². The van der Waals surface area contributed by atoms with Gasteiger partial charge in [-0.25, -0.2) is 8.42 Å². The number of halogens is 1. The fraction of sp³-hybridized carbons (Fsp3) is 0.500. The minimum Gasteiger partial charge on any atom is -0.390 e. The second-order valence-corrected chi connectivity index (χ2v) is 7.73. The minimum atomic E-state index is -3.10. The van der Waals surface area contributed by atoms with Gasteiger partial charge < -0.3 is 5.11 Å². The van der Waals surface area contributed by atoms with E-state index in [0.29, 0.717) is 6.54 Å². The molecule has 1 N–H and O–H groups in total. The second-order valence-electron chi connectivity index (χ2n) is 4.72. The summed E-state index contributed by atoms with van der Waals surface area (Å²) >= 11 is 3.46. The van der Waals surface area contributed by atoms with Crippen molar-refractivity contribution >= 4 is 25.8 Å². The van der Waals surface area contributed by atoms with E-state index in [1.54, 1.807) is 0 Å². The zero-order chi connectivity index (χ0) is 13.3. The van der Waals surface area contributed by atoms with Crippen LogP contribution in [0.25, 0.3) is 0 Å². The summed E-state index contributed by atoms with van der Waals surface area (Å²) in [6.07, 6.45) is -0.789. The number of hydrogen-bond donors (Lipinski definition) is 1. The zero-order valence-electron chi connectivity index (χ0n) is 10.1. The number of nitrogens with zero attached hydrogens (tertiary/aromatic N) is 1. The molecule has 2 unspecified atom stereocenters. The third-order valence-corrected chi connectivity index (χ3v) is 5.71. The molecule has 0 saturated carbocycles. The first-order chi connectivity index (χ1) is 8.39. The predicted octanol–water partition coefficient (Wildman–Crippen LogP) is 1.04. The largest absolute Gasteiger partial charge is 0.390 e. The van der Waals surface area contributed by atoms with Crippen LogP contribution in [0.4, 0.5) is 0 Å². The van der Waals surface area contributed by atoms with Crippen molar-refractivity contribution in [2.45, 2.75) is 18.7 Å². The Morgan fingerprint density at radius 1 is 1.39 bits per heavy atom. The summed E-state index contributed by atoms with van der Waals surface area (Å²) in [4.78, 5) is 1.90. The molecule has 0 radical (unpaired) electrons. The van der Waals surface area contributed by atoms with Crippen LogP contribution in [-0.4, -0.2) is 49.1 Å². The highest BCUT2D eigenvalue weighted by Crippen LogP contribution is 2.22. The Morgan fingerprint density at radius 2 is 2.06 bits per heavy atom. The van der Waals surface area contributed by atoms with Gasteiger partial charge in [-0.05, 0) is 18.7 Å². The normalized spacial score (nSPS) is 26.7. The maximum absolute atomic E-state index is 11.5. The number of aliphatic hydroxyl groups excluding tert-OH is 1.